The molecule has 0 unspecified atom stereocenters. The third-order valence-electron chi connectivity index (χ3n) is 2.43. The Morgan fingerprint density at radius 3 is 2.53 bits per heavy atom. The number of nitrogens with zero attached hydrogens (tertiary/aromatic N) is 1. The second-order valence-electron chi connectivity index (χ2n) is 3.79. The first-order chi connectivity index (χ1) is 9.06. The van der Waals surface area contributed by atoms with Gasteiger partial charge in [0.1, 0.15) is 12.4 Å². The maximum absolute atomic E-state index is 10.7. The van der Waals surface area contributed by atoms with Gasteiger partial charge in [0.05, 0.1) is 16.0 Å². The Bertz CT molecular complexity index is 601. The molecule has 0 aliphatic heterocycles. The van der Waals surface area contributed by atoms with E-state index in [4.69, 9.17) is 16.3 Å². The van der Waals surface area contributed by atoms with Gasteiger partial charge >= 0.3 is 0 Å². The number of halogens is 2. The lowest BCUT2D eigenvalue weighted by atomic mass is 10.2. The highest BCUT2D eigenvalue weighted by atomic mass is 79.9. The molecule has 2 rings (SSSR count). The van der Waals surface area contributed by atoms with E-state index >= 15 is 0 Å². The minimum atomic E-state index is -0.483. The first-order valence-corrected chi connectivity index (χ1v) is 6.54. The molecule has 0 atom stereocenters. The second kappa shape index (κ2) is 6.04. The van der Waals surface area contributed by atoms with Crippen LogP contribution in [0.1, 0.15) is 5.56 Å². The zero-order valence-electron chi connectivity index (χ0n) is 9.68. The van der Waals surface area contributed by atoms with E-state index in [1.165, 1.54) is 18.2 Å². The molecule has 0 aromatic heterocycles. The van der Waals surface area contributed by atoms with Crippen molar-refractivity contribution in [3.63, 3.8) is 0 Å². The largest absolute Gasteiger partial charge is 0.487 e. The molecule has 0 radical (unpaired) electrons. The van der Waals surface area contributed by atoms with E-state index in [2.05, 4.69) is 15.9 Å². The van der Waals surface area contributed by atoms with Crippen LogP contribution in [-0.4, -0.2) is 4.92 Å². The van der Waals surface area contributed by atoms with E-state index in [0.29, 0.717) is 17.4 Å². The van der Waals surface area contributed by atoms with Crippen LogP contribution < -0.4 is 4.74 Å². The predicted octanol–water partition coefficient (Wildman–Crippen LogP) is 4.59. The summed E-state index contributed by atoms with van der Waals surface area (Å²) in [6.07, 6.45) is 0. The minimum Gasteiger partial charge on any atom is -0.487 e. The van der Waals surface area contributed by atoms with E-state index in [9.17, 15) is 10.1 Å². The van der Waals surface area contributed by atoms with Gasteiger partial charge in [-0.15, -0.1) is 0 Å². The monoisotopic (exact) mass is 341 g/mol. The molecule has 98 valence electrons. The van der Waals surface area contributed by atoms with Crippen LogP contribution in [0.5, 0.6) is 5.75 Å². The van der Waals surface area contributed by atoms with Crippen molar-refractivity contribution >= 4 is 33.2 Å². The van der Waals surface area contributed by atoms with Crippen LogP contribution in [-0.2, 0) is 6.61 Å². The Balaban J connectivity index is 2.12. The average Bonchev–Trinajstić information content (AvgIpc) is 2.39. The fourth-order valence-corrected chi connectivity index (χ4v) is 1.89. The third-order valence-corrected chi connectivity index (χ3v) is 3.27. The summed E-state index contributed by atoms with van der Waals surface area (Å²) in [6.45, 7) is 0.300. The quantitative estimate of drug-likeness (QED) is 0.603. The Hall–Kier alpha value is -1.59. The highest BCUT2D eigenvalue weighted by molar-refractivity contribution is 9.10. The van der Waals surface area contributed by atoms with Gasteiger partial charge in [-0.25, -0.2) is 0 Å². The minimum absolute atomic E-state index is 0.0461. The average molecular weight is 343 g/mol. The van der Waals surface area contributed by atoms with Gasteiger partial charge in [0.15, 0.2) is 0 Å². The highest BCUT2D eigenvalue weighted by Crippen LogP contribution is 2.29. The Morgan fingerprint density at radius 1 is 1.21 bits per heavy atom. The molecule has 2 aromatic carbocycles. The Morgan fingerprint density at radius 2 is 1.89 bits per heavy atom. The number of rotatable bonds is 4. The number of ether oxygens (including phenoxy) is 1. The van der Waals surface area contributed by atoms with Crippen molar-refractivity contribution in [2.45, 2.75) is 6.61 Å². The molecule has 4 nitrogen and oxygen atoms in total. The SMILES string of the molecule is O=[N+]([O-])c1ccc(Cl)c(OCc2ccc(Br)cc2)c1. The fourth-order valence-electron chi connectivity index (χ4n) is 1.46. The summed E-state index contributed by atoms with van der Waals surface area (Å²) in [5.41, 5.74) is 0.904. The summed E-state index contributed by atoms with van der Waals surface area (Å²) in [4.78, 5) is 10.2. The zero-order chi connectivity index (χ0) is 13.8. The van der Waals surface area contributed by atoms with E-state index in [1.807, 2.05) is 24.3 Å². The van der Waals surface area contributed by atoms with E-state index < -0.39 is 4.92 Å². The normalized spacial score (nSPS) is 10.2. The van der Waals surface area contributed by atoms with Crippen molar-refractivity contribution in [1.82, 2.24) is 0 Å². The number of hydrogen-bond donors (Lipinski definition) is 0. The third kappa shape index (κ3) is 3.68. The lowest BCUT2D eigenvalue weighted by Gasteiger charge is -2.08. The van der Waals surface area contributed by atoms with Gasteiger partial charge in [0.25, 0.3) is 5.69 Å². The molecule has 0 aliphatic rings. The molecule has 2 aromatic rings. The number of benzene rings is 2. The summed E-state index contributed by atoms with van der Waals surface area (Å²) in [5, 5.41) is 11.0. The van der Waals surface area contributed by atoms with Crippen LogP contribution in [0.4, 0.5) is 5.69 Å². The van der Waals surface area contributed by atoms with Crippen molar-refractivity contribution in [3.8, 4) is 5.75 Å². The van der Waals surface area contributed by atoms with Crippen molar-refractivity contribution in [2.75, 3.05) is 0 Å². The molecule has 0 bridgehead atoms. The molecule has 0 amide bonds. The van der Waals surface area contributed by atoms with Crippen molar-refractivity contribution in [3.05, 3.63) is 67.6 Å². The van der Waals surface area contributed by atoms with Gasteiger partial charge in [-0.05, 0) is 23.8 Å². The summed E-state index contributed by atoms with van der Waals surface area (Å²) in [6, 6.07) is 11.7. The molecular formula is C13H9BrClNO3. The molecule has 0 saturated carbocycles. The molecule has 0 N–H and O–H groups in total. The lowest BCUT2D eigenvalue weighted by Crippen LogP contribution is -1.97. The molecule has 0 spiro atoms. The van der Waals surface area contributed by atoms with Crippen LogP contribution >= 0.6 is 27.5 Å². The van der Waals surface area contributed by atoms with Crippen molar-refractivity contribution < 1.29 is 9.66 Å². The lowest BCUT2D eigenvalue weighted by molar-refractivity contribution is -0.384. The van der Waals surface area contributed by atoms with E-state index in [1.54, 1.807) is 0 Å². The van der Waals surface area contributed by atoms with Crippen molar-refractivity contribution in [2.24, 2.45) is 0 Å². The van der Waals surface area contributed by atoms with Gasteiger partial charge in [-0.1, -0.05) is 39.7 Å². The molecule has 6 heteroatoms. The van der Waals surface area contributed by atoms with E-state index in [0.717, 1.165) is 10.0 Å². The van der Waals surface area contributed by atoms with Crippen molar-refractivity contribution in [1.29, 1.82) is 0 Å². The summed E-state index contributed by atoms with van der Waals surface area (Å²) in [7, 11) is 0. The van der Waals surface area contributed by atoms with Crippen LogP contribution in [0.3, 0.4) is 0 Å². The summed E-state index contributed by atoms with van der Waals surface area (Å²) >= 11 is 9.28. The van der Waals surface area contributed by atoms with Gasteiger partial charge < -0.3 is 4.74 Å². The Labute approximate surface area is 123 Å². The molecule has 0 fully saturated rings. The summed E-state index contributed by atoms with van der Waals surface area (Å²) in [5.74, 6) is 0.304. The fraction of sp³-hybridized carbons (Fsp3) is 0.0769. The number of nitro groups is 1. The standard InChI is InChI=1S/C13H9BrClNO3/c14-10-3-1-9(2-4-10)8-19-13-7-11(16(17)18)5-6-12(13)15/h1-7H,8H2. The van der Waals surface area contributed by atoms with Gasteiger partial charge in [-0.2, -0.15) is 0 Å². The maximum Gasteiger partial charge on any atom is 0.273 e. The van der Waals surface area contributed by atoms with Crippen LogP contribution in [0.15, 0.2) is 46.9 Å². The van der Waals surface area contributed by atoms with Gasteiger partial charge in [0.2, 0.25) is 0 Å². The number of nitro benzene ring substituents is 1. The number of hydrogen-bond acceptors (Lipinski definition) is 3. The van der Waals surface area contributed by atoms with Gasteiger partial charge in [0, 0.05) is 10.5 Å². The zero-order valence-corrected chi connectivity index (χ0v) is 12.0. The number of non-ortho nitro benzene ring substituents is 1. The second-order valence-corrected chi connectivity index (χ2v) is 5.11. The molecule has 0 heterocycles. The molecule has 0 saturated heterocycles. The van der Waals surface area contributed by atoms with Crippen LogP contribution in [0.25, 0.3) is 0 Å². The summed E-state index contributed by atoms with van der Waals surface area (Å²) < 4.78 is 6.48. The molecule has 0 aliphatic carbocycles. The molecule has 19 heavy (non-hydrogen) atoms. The first-order valence-electron chi connectivity index (χ1n) is 5.37. The first kappa shape index (κ1) is 13.8. The topological polar surface area (TPSA) is 52.4 Å². The van der Waals surface area contributed by atoms with Crippen LogP contribution in [0, 0.1) is 10.1 Å². The van der Waals surface area contributed by atoms with Crippen LogP contribution in [0.2, 0.25) is 5.02 Å². The van der Waals surface area contributed by atoms with Gasteiger partial charge in [-0.3, -0.25) is 10.1 Å². The highest BCUT2D eigenvalue weighted by Gasteiger charge is 2.10. The Kier molecular flexibility index (Phi) is 4.39. The maximum atomic E-state index is 10.7. The molecular weight excluding hydrogens is 334 g/mol. The predicted molar refractivity (Wildman–Crippen MR) is 76.6 cm³/mol. The smallest absolute Gasteiger partial charge is 0.273 e. The van der Waals surface area contributed by atoms with E-state index in [-0.39, 0.29) is 5.69 Å².